The fourth-order valence-electron chi connectivity index (χ4n) is 3.92. The Bertz CT molecular complexity index is 693. The van der Waals surface area contributed by atoms with Crippen molar-refractivity contribution in [2.45, 2.75) is 64.0 Å². The average molecular weight is 357 g/mol. The largest absolute Gasteiger partial charge is 0.348 e. The molecule has 0 radical (unpaired) electrons. The highest BCUT2D eigenvalue weighted by atomic mass is 16.2. The predicted octanol–water partition coefficient (Wildman–Crippen LogP) is 2.82. The van der Waals surface area contributed by atoms with Crippen molar-refractivity contribution in [3.05, 3.63) is 35.4 Å². The topological polar surface area (TPSA) is 78.5 Å². The summed E-state index contributed by atoms with van der Waals surface area (Å²) < 4.78 is 0. The van der Waals surface area contributed by atoms with Crippen LogP contribution in [-0.2, 0) is 9.59 Å². The standard InChI is InChI=1S/C20H27N3O3/c1-3-16(15-9-7-14(2)8-10-15)21-17(24)13-23-18(25)20(22-19(23)26)11-5-4-6-12-20/h7-10,16H,3-6,11-13H2,1-2H3,(H,21,24)(H,22,26)/t16-/m0/s1. The van der Waals surface area contributed by atoms with E-state index >= 15 is 0 Å². The van der Waals surface area contributed by atoms with Gasteiger partial charge in [0.15, 0.2) is 0 Å². The van der Waals surface area contributed by atoms with Crippen molar-refractivity contribution in [2.75, 3.05) is 6.54 Å². The molecule has 6 heteroatoms. The monoisotopic (exact) mass is 357 g/mol. The number of rotatable bonds is 5. The number of nitrogens with one attached hydrogen (secondary N) is 2. The maximum absolute atomic E-state index is 12.8. The number of carbonyl (C=O) groups excluding carboxylic acids is 3. The van der Waals surface area contributed by atoms with Gasteiger partial charge >= 0.3 is 6.03 Å². The van der Waals surface area contributed by atoms with Crippen LogP contribution in [0.2, 0.25) is 0 Å². The Labute approximate surface area is 154 Å². The van der Waals surface area contributed by atoms with Gasteiger partial charge in [-0.1, -0.05) is 56.0 Å². The van der Waals surface area contributed by atoms with Gasteiger partial charge in [0.1, 0.15) is 12.1 Å². The van der Waals surface area contributed by atoms with E-state index in [0.29, 0.717) is 12.8 Å². The molecule has 1 atom stereocenters. The Morgan fingerprint density at radius 2 is 1.85 bits per heavy atom. The van der Waals surface area contributed by atoms with E-state index in [1.165, 1.54) is 0 Å². The fourth-order valence-corrected chi connectivity index (χ4v) is 3.92. The molecule has 6 nitrogen and oxygen atoms in total. The van der Waals surface area contributed by atoms with Gasteiger partial charge in [-0.25, -0.2) is 4.79 Å². The van der Waals surface area contributed by atoms with E-state index < -0.39 is 11.6 Å². The average Bonchev–Trinajstić information content (AvgIpc) is 2.85. The lowest BCUT2D eigenvalue weighted by Crippen LogP contribution is -2.49. The molecule has 1 saturated heterocycles. The molecule has 2 aliphatic rings. The van der Waals surface area contributed by atoms with Gasteiger partial charge in [0.2, 0.25) is 5.91 Å². The third-order valence-corrected chi connectivity index (χ3v) is 5.48. The minimum atomic E-state index is -0.781. The van der Waals surface area contributed by atoms with Gasteiger partial charge in [-0.2, -0.15) is 0 Å². The molecule has 1 aliphatic heterocycles. The molecular formula is C20H27N3O3. The van der Waals surface area contributed by atoms with Crippen LogP contribution in [-0.4, -0.2) is 34.8 Å². The number of carbonyl (C=O) groups is 3. The molecule has 1 spiro atoms. The molecule has 140 valence electrons. The Morgan fingerprint density at radius 1 is 1.19 bits per heavy atom. The summed E-state index contributed by atoms with van der Waals surface area (Å²) in [5.41, 5.74) is 1.40. The molecular weight excluding hydrogens is 330 g/mol. The maximum atomic E-state index is 12.8. The number of imide groups is 1. The summed E-state index contributed by atoms with van der Waals surface area (Å²) in [5, 5.41) is 5.79. The molecule has 4 amide bonds. The third-order valence-electron chi connectivity index (χ3n) is 5.48. The van der Waals surface area contributed by atoms with Crippen molar-refractivity contribution in [1.82, 2.24) is 15.5 Å². The second-order valence-electron chi connectivity index (χ2n) is 7.40. The molecule has 2 N–H and O–H groups in total. The summed E-state index contributed by atoms with van der Waals surface area (Å²) in [7, 11) is 0. The number of urea groups is 1. The lowest BCUT2D eigenvalue weighted by molar-refractivity contribution is -0.136. The van der Waals surface area contributed by atoms with E-state index in [2.05, 4.69) is 10.6 Å². The van der Waals surface area contributed by atoms with Gasteiger partial charge in [-0.05, 0) is 31.7 Å². The van der Waals surface area contributed by atoms with Crippen LogP contribution in [0.1, 0.15) is 62.6 Å². The van der Waals surface area contributed by atoms with E-state index in [9.17, 15) is 14.4 Å². The molecule has 2 fully saturated rings. The minimum absolute atomic E-state index is 0.132. The summed E-state index contributed by atoms with van der Waals surface area (Å²) in [5.74, 6) is -0.561. The first-order valence-electron chi connectivity index (χ1n) is 9.45. The first kappa shape index (κ1) is 18.4. The zero-order valence-corrected chi connectivity index (χ0v) is 15.5. The van der Waals surface area contributed by atoms with E-state index in [-0.39, 0.29) is 24.4 Å². The second-order valence-corrected chi connectivity index (χ2v) is 7.40. The second kappa shape index (κ2) is 7.48. The van der Waals surface area contributed by atoms with Gasteiger partial charge < -0.3 is 10.6 Å². The molecule has 0 bridgehead atoms. The summed E-state index contributed by atoms with van der Waals surface area (Å²) in [6.45, 7) is 3.78. The summed E-state index contributed by atoms with van der Waals surface area (Å²) in [6, 6.07) is 7.43. The molecule has 26 heavy (non-hydrogen) atoms. The Morgan fingerprint density at radius 3 is 2.46 bits per heavy atom. The first-order valence-corrected chi connectivity index (χ1v) is 9.45. The smallest absolute Gasteiger partial charge is 0.325 e. The van der Waals surface area contributed by atoms with E-state index in [1.807, 2.05) is 38.1 Å². The number of hydrogen-bond acceptors (Lipinski definition) is 3. The Hall–Kier alpha value is -2.37. The zero-order valence-electron chi connectivity index (χ0n) is 15.5. The van der Waals surface area contributed by atoms with Gasteiger partial charge in [-0.3, -0.25) is 14.5 Å². The Balaban J connectivity index is 1.64. The Kier molecular flexibility index (Phi) is 5.30. The van der Waals surface area contributed by atoms with Crippen LogP contribution in [0.25, 0.3) is 0 Å². The number of nitrogens with zero attached hydrogens (tertiary/aromatic N) is 1. The molecule has 1 heterocycles. The van der Waals surface area contributed by atoms with Crippen LogP contribution in [0.4, 0.5) is 4.79 Å². The van der Waals surface area contributed by atoms with Gasteiger partial charge in [0, 0.05) is 0 Å². The number of amides is 4. The van der Waals surface area contributed by atoms with Crippen molar-refractivity contribution in [2.24, 2.45) is 0 Å². The van der Waals surface area contributed by atoms with Crippen LogP contribution in [0.5, 0.6) is 0 Å². The normalized spacial score (nSPS) is 20.2. The fraction of sp³-hybridized carbons (Fsp3) is 0.550. The summed E-state index contributed by atoms with van der Waals surface area (Å²) in [4.78, 5) is 38.6. The van der Waals surface area contributed by atoms with E-state index in [1.54, 1.807) is 0 Å². The number of hydrogen-bond donors (Lipinski definition) is 2. The van der Waals surface area contributed by atoms with Crippen LogP contribution in [0.3, 0.4) is 0 Å². The number of aryl methyl sites for hydroxylation is 1. The lowest BCUT2D eigenvalue weighted by atomic mass is 9.82. The maximum Gasteiger partial charge on any atom is 0.325 e. The highest BCUT2D eigenvalue weighted by Crippen LogP contribution is 2.33. The van der Waals surface area contributed by atoms with Crippen molar-refractivity contribution >= 4 is 17.8 Å². The van der Waals surface area contributed by atoms with Crippen LogP contribution >= 0.6 is 0 Å². The highest BCUT2D eigenvalue weighted by Gasteiger charge is 2.51. The van der Waals surface area contributed by atoms with Crippen molar-refractivity contribution in [1.29, 1.82) is 0 Å². The molecule has 0 aromatic heterocycles. The number of benzene rings is 1. The van der Waals surface area contributed by atoms with Gasteiger partial charge in [0.25, 0.3) is 5.91 Å². The third kappa shape index (κ3) is 3.59. The SMILES string of the molecule is CC[C@H](NC(=O)CN1C(=O)NC2(CCCCC2)C1=O)c1ccc(C)cc1. The first-order chi connectivity index (χ1) is 12.4. The van der Waals surface area contributed by atoms with Crippen LogP contribution in [0, 0.1) is 6.92 Å². The minimum Gasteiger partial charge on any atom is -0.348 e. The van der Waals surface area contributed by atoms with Crippen molar-refractivity contribution in [3.8, 4) is 0 Å². The van der Waals surface area contributed by atoms with Crippen LogP contribution < -0.4 is 10.6 Å². The van der Waals surface area contributed by atoms with Crippen LogP contribution in [0.15, 0.2) is 24.3 Å². The van der Waals surface area contributed by atoms with E-state index in [4.69, 9.17) is 0 Å². The summed E-state index contributed by atoms with van der Waals surface area (Å²) in [6.07, 6.45) is 5.00. The zero-order chi connectivity index (χ0) is 18.7. The molecule has 1 saturated carbocycles. The van der Waals surface area contributed by atoms with Gasteiger partial charge in [-0.15, -0.1) is 0 Å². The molecule has 1 aliphatic carbocycles. The van der Waals surface area contributed by atoms with Crippen molar-refractivity contribution < 1.29 is 14.4 Å². The highest BCUT2D eigenvalue weighted by molar-refractivity contribution is 6.09. The lowest BCUT2D eigenvalue weighted by Gasteiger charge is -2.30. The molecule has 1 aromatic carbocycles. The van der Waals surface area contributed by atoms with E-state index in [0.717, 1.165) is 41.7 Å². The summed E-state index contributed by atoms with van der Waals surface area (Å²) >= 11 is 0. The predicted molar refractivity (Wildman–Crippen MR) is 98.4 cm³/mol. The van der Waals surface area contributed by atoms with Crippen molar-refractivity contribution in [3.63, 3.8) is 0 Å². The molecule has 0 unspecified atom stereocenters. The van der Waals surface area contributed by atoms with Gasteiger partial charge in [0.05, 0.1) is 6.04 Å². The molecule has 3 rings (SSSR count). The quantitative estimate of drug-likeness (QED) is 0.796. The molecule has 1 aromatic rings.